The van der Waals surface area contributed by atoms with Crippen LogP contribution in [0.4, 0.5) is 0 Å². The number of carbonyl (C=O) groups is 2. The van der Waals surface area contributed by atoms with Crippen LogP contribution < -0.4 is 5.32 Å². The van der Waals surface area contributed by atoms with Gasteiger partial charge in [0.25, 0.3) is 5.91 Å². The third-order valence-electron chi connectivity index (χ3n) is 2.68. The van der Waals surface area contributed by atoms with Crippen LogP contribution in [0, 0.1) is 6.92 Å². The van der Waals surface area contributed by atoms with Gasteiger partial charge in [0, 0.05) is 5.39 Å². The molecule has 1 aromatic heterocycles. The van der Waals surface area contributed by atoms with Crippen molar-refractivity contribution in [3.8, 4) is 0 Å². The lowest BCUT2D eigenvalue weighted by atomic mass is 10.2. The van der Waals surface area contributed by atoms with E-state index in [9.17, 15) is 9.59 Å². The van der Waals surface area contributed by atoms with Gasteiger partial charge in [-0.25, -0.2) is 4.79 Å². The molecule has 0 aliphatic heterocycles. The first-order valence-electron chi connectivity index (χ1n) is 5.66. The maximum atomic E-state index is 11.8. The summed E-state index contributed by atoms with van der Waals surface area (Å²) in [7, 11) is 0. The topological polar surface area (TPSA) is 99.8 Å². The molecule has 0 radical (unpaired) electrons. The molecule has 1 amide bonds. The highest BCUT2D eigenvalue weighted by molar-refractivity contribution is 5.98. The third kappa shape index (κ3) is 2.74. The lowest BCUT2D eigenvalue weighted by molar-refractivity contribution is -0.140. The maximum absolute atomic E-state index is 11.8. The fourth-order valence-corrected chi connectivity index (χ4v) is 1.69. The van der Waals surface area contributed by atoms with Gasteiger partial charge in [-0.15, -0.1) is 0 Å². The number of hydrogen-bond donors (Lipinski definition) is 3. The van der Waals surface area contributed by atoms with E-state index in [1.165, 1.54) is 6.07 Å². The molecule has 0 saturated carbocycles. The molecule has 1 atom stereocenters. The molecule has 2 rings (SSSR count). The van der Waals surface area contributed by atoms with E-state index in [0.29, 0.717) is 5.58 Å². The molecule has 3 N–H and O–H groups in total. The van der Waals surface area contributed by atoms with Crippen LogP contribution in [0.25, 0.3) is 11.0 Å². The smallest absolute Gasteiger partial charge is 0.328 e. The monoisotopic (exact) mass is 263 g/mol. The summed E-state index contributed by atoms with van der Waals surface area (Å²) in [6.45, 7) is 1.23. The first kappa shape index (κ1) is 13.1. The van der Waals surface area contributed by atoms with E-state index in [0.717, 1.165) is 10.9 Å². The van der Waals surface area contributed by atoms with Crippen molar-refractivity contribution in [2.24, 2.45) is 0 Å². The molecule has 1 aromatic carbocycles. The number of rotatable bonds is 4. The standard InChI is InChI=1S/C13H13NO5/c1-7-2-3-10-8(4-7)5-11(19-10)12(16)14-9(6-15)13(17)18/h2-5,9,15H,6H2,1H3,(H,14,16)(H,17,18)/t9-/m0/s1. The minimum atomic E-state index is -1.34. The van der Waals surface area contributed by atoms with Gasteiger partial charge >= 0.3 is 5.97 Å². The van der Waals surface area contributed by atoms with E-state index < -0.39 is 24.5 Å². The van der Waals surface area contributed by atoms with Crippen molar-refractivity contribution in [1.82, 2.24) is 5.32 Å². The number of carbonyl (C=O) groups excluding carboxylic acids is 1. The molecule has 0 spiro atoms. The van der Waals surface area contributed by atoms with E-state index in [-0.39, 0.29) is 5.76 Å². The van der Waals surface area contributed by atoms with E-state index in [4.69, 9.17) is 14.6 Å². The molecule has 19 heavy (non-hydrogen) atoms. The number of benzene rings is 1. The minimum Gasteiger partial charge on any atom is -0.480 e. The zero-order chi connectivity index (χ0) is 14.0. The summed E-state index contributed by atoms with van der Waals surface area (Å²) in [5.41, 5.74) is 1.57. The Bertz CT molecular complexity index is 631. The second kappa shape index (κ2) is 5.11. The summed E-state index contributed by atoms with van der Waals surface area (Å²) >= 11 is 0. The molecule has 0 aliphatic rings. The molecular weight excluding hydrogens is 250 g/mol. The highest BCUT2D eigenvalue weighted by Crippen LogP contribution is 2.20. The Labute approximate surface area is 108 Å². The zero-order valence-electron chi connectivity index (χ0n) is 10.2. The van der Waals surface area contributed by atoms with E-state index in [1.807, 2.05) is 19.1 Å². The largest absolute Gasteiger partial charge is 0.480 e. The summed E-state index contributed by atoms with van der Waals surface area (Å²) < 4.78 is 5.32. The van der Waals surface area contributed by atoms with Gasteiger partial charge in [0.1, 0.15) is 5.58 Å². The van der Waals surface area contributed by atoms with Gasteiger partial charge in [-0.05, 0) is 25.1 Å². The highest BCUT2D eigenvalue weighted by Gasteiger charge is 2.21. The van der Waals surface area contributed by atoms with Gasteiger partial charge in [-0.3, -0.25) is 4.79 Å². The Morgan fingerprint density at radius 2 is 2.11 bits per heavy atom. The predicted molar refractivity (Wildman–Crippen MR) is 66.9 cm³/mol. The lowest BCUT2D eigenvalue weighted by Gasteiger charge is -2.09. The molecule has 0 fully saturated rings. The highest BCUT2D eigenvalue weighted by atomic mass is 16.4. The number of aliphatic carboxylic acids is 1. The van der Waals surface area contributed by atoms with Crippen molar-refractivity contribution in [1.29, 1.82) is 0 Å². The van der Waals surface area contributed by atoms with Gasteiger partial charge < -0.3 is 19.9 Å². The van der Waals surface area contributed by atoms with Crippen LogP contribution in [-0.4, -0.2) is 34.7 Å². The van der Waals surface area contributed by atoms with Crippen LogP contribution in [0.5, 0.6) is 0 Å². The van der Waals surface area contributed by atoms with Crippen molar-refractivity contribution in [3.05, 3.63) is 35.6 Å². The Kier molecular flexibility index (Phi) is 3.52. The van der Waals surface area contributed by atoms with Gasteiger partial charge in [-0.2, -0.15) is 0 Å². The fourth-order valence-electron chi connectivity index (χ4n) is 1.69. The molecule has 0 aliphatic carbocycles. The van der Waals surface area contributed by atoms with Crippen LogP contribution >= 0.6 is 0 Å². The molecule has 100 valence electrons. The summed E-state index contributed by atoms with van der Waals surface area (Å²) in [6, 6.07) is 5.63. The minimum absolute atomic E-state index is 0.0142. The number of nitrogens with one attached hydrogen (secondary N) is 1. The Morgan fingerprint density at radius 3 is 2.74 bits per heavy atom. The van der Waals surface area contributed by atoms with Crippen LogP contribution in [-0.2, 0) is 4.79 Å². The number of carboxylic acid groups (broad SMARTS) is 1. The number of carboxylic acids is 1. The predicted octanol–water partition coefficient (Wildman–Crippen LogP) is 0.917. The summed E-state index contributed by atoms with van der Waals surface area (Å²) in [6.07, 6.45) is 0. The second-order valence-corrected chi connectivity index (χ2v) is 4.20. The molecule has 0 unspecified atom stereocenters. The molecule has 0 bridgehead atoms. The summed E-state index contributed by atoms with van der Waals surface area (Å²) in [5, 5.41) is 20.5. The first-order chi connectivity index (χ1) is 9.01. The quantitative estimate of drug-likeness (QED) is 0.761. The number of aryl methyl sites for hydroxylation is 1. The van der Waals surface area contributed by atoms with E-state index in [2.05, 4.69) is 5.32 Å². The van der Waals surface area contributed by atoms with Crippen molar-refractivity contribution in [3.63, 3.8) is 0 Å². The number of amides is 1. The van der Waals surface area contributed by atoms with Crippen LogP contribution in [0.2, 0.25) is 0 Å². The average Bonchev–Trinajstić information content (AvgIpc) is 2.78. The van der Waals surface area contributed by atoms with Crippen LogP contribution in [0.1, 0.15) is 16.1 Å². The number of fused-ring (bicyclic) bond motifs is 1. The Morgan fingerprint density at radius 1 is 1.37 bits per heavy atom. The number of aliphatic hydroxyl groups is 1. The van der Waals surface area contributed by atoms with Crippen molar-refractivity contribution in [2.45, 2.75) is 13.0 Å². The maximum Gasteiger partial charge on any atom is 0.328 e. The number of furan rings is 1. The Hall–Kier alpha value is -2.34. The third-order valence-corrected chi connectivity index (χ3v) is 2.68. The van der Waals surface area contributed by atoms with Crippen molar-refractivity contribution >= 4 is 22.8 Å². The molecule has 0 saturated heterocycles. The van der Waals surface area contributed by atoms with Gasteiger partial charge in [0.2, 0.25) is 0 Å². The molecular formula is C13H13NO5. The van der Waals surface area contributed by atoms with Gasteiger partial charge in [0.15, 0.2) is 11.8 Å². The molecule has 2 aromatic rings. The van der Waals surface area contributed by atoms with Crippen LogP contribution in [0.15, 0.2) is 28.7 Å². The normalized spacial score (nSPS) is 12.3. The van der Waals surface area contributed by atoms with Gasteiger partial charge in [0.05, 0.1) is 6.61 Å². The van der Waals surface area contributed by atoms with E-state index in [1.54, 1.807) is 6.07 Å². The lowest BCUT2D eigenvalue weighted by Crippen LogP contribution is -2.43. The first-order valence-corrected chi connectivity index (χ1v) is 5.66. The molecule has 6 heteroatoms. The SMILES string of the molecule is Cc1ccc2oc(C(=O)N[C@@H](CO)C(=O)O)cc2c1. The zero-order valence-corrected chi connectivity index (χ0v) is 10.2. The van der Waals surface area contributed by atoms with Crippen molar-refractivity contribution in [2.75, 3.05) is 6.61 Å². The molecule has 6 nitrogen and oxygen atoms in total. The van der Waals surface area contributed by atoms with Crippen molar-refractivity contribution < 1.29 is 24.2 Å². The molecule has 1 heterocycles. The average molecular weight is 263 g/mol. The van der Waals surface area contributed by atoms with Gasteiger partial charge in [-0.1, -0.05) is 11.6 Å². The van der Waals surface area contributed by atoms with Crippen LogP contribution in [0.3, 0.4) is 0 Å². The number of hydrogen-bond acceptors (Lipinski definition) is 4. The Balaban J connectivity index is 2.24. The fraction of sp³-hybridized carbons (Fsp3) is 0.231. The number of aliphatic hydroxyl groups excluding tert-OH is 1. The summed E-state index contributed by atoms with van der Waals surface area (Å²) in [4.78, 5) is 22.5. The van der Waals surface area contributed by atoms with E-state index >= 15 is 0 Å². The second-order valence-electron chi connectivity index (χ2n) is 4.20. The summed E-state index contributed by atoms with van der Waals surface area (Å²) in [5.74, 6) is -1.96.